The Labute approximate surface area is 150 Å². The monoisotopic (exact) mass is 343 g/mol. The van der Waals surface area contributed by atoms with E-state index >= 15 is 0 Å². The highest BCUT2D eigenvalue weighted by molar-refractivity contribution is 5.88. The third kappa shape index (κ3) is 4.40. The van der Waals surface area contributed by atoms with Crippen molar-refractivity contribution in [3.63, 3.8) is 0 Å². The highest BCUT2D eigenvalue weighted by Gasteiger charge is 2.35. The molecule has 1 aliphatic carbocycles. The zero-order valence-electron chi connectivity index (χ0n) is 15.2. The van der Waals surface area contributed by atoms with Crippen molar-refractivity contribution < 1.29 is 9.59 Å². The van der Waals surface area contributed by atoms with Crippen LogP contribution in [0.4, 0.5) is 0 Å². The summed E-state index contributed by atoms with van der Waals surface area (Å²) in [5.74, 6) is 0.793. The number of carbonyl (C=O) groups is 2. The van der Waals surface area contributed by atoms with Crippen molar-refractivity contribution >= 4 is 11.8 Å². The molecule has 0 bridgehead atoms. The van der Waals surface area contributed by atoms with Crippen LogP contribution in [0.25, 0.3) is 0 Å². The number of benzene rings is 1. The van der Waals surface area contributed by atoms with Crippen molar-refractivity contribution in [2.75, 3.05) is 6.54 Å². The minimum absolute atomic E-state index is 0.0274. The Morgan fingerprint density at radius 1 is 1.24 bits per heavy atom. The smallest absolute Gasteiger partial charge is 0.243 e. The van der Waals surface area contributed by atoms with Crippen LogP contribution in [0.15, 0.2) is 24.3 Å². The largest absolute Gasteiger partial charge is 0.353 e. The van der Waals surface area contributed by atoms with Gasteiger partial charge in [-0.2, -0.15) is 0 Å². The van der Waals surface area contributed by atoms with Gasteiger partial charge in [0.2, 0.25) is 11.8 Å². The molecule has 0 aromatic heterocycles. The first kappa shape index (κ1) is 17.9. The third-order valence-electron chi connectivity index (χ3n) is 5.19. The van der Waals surface area contributed by atoms with Gasteiger partial charge in [-0.3, -0.25) is 9.59 Å². The molecule has 1 heterocycles. The van der Waals surface area contributed by atoms with Gasteiger partial charge in [0.25, 0.3) is 0 Å². The molecule has 3 N–H and O–H groups in total. The lowest BCUT2D eigenvalue weighted by atomic mass is 9.92. The van der Waals surface area contributed by atoms with Gasteiger partial charge in [-0.15, -0.1) is 0 Å². The SMILES string of the molecule is CC(C)CC(=O)N1Cc2ccccc2CC1C(=O)NCC(N)C1CC1. The molecule has 1 aliphatic heterocycles. The zero-order valence-corrected chi connectivity index (χ0v) is 15.2. The Hall–Kier alpha value is -1.88. The Morgan fingerprint density at radius 3 is 2.56 bits per heavy atom. The first-order valence-corrected chi connectivity index (χ1v) is 9.35. The third-order valence-corrected chi connectivity index (χ3v) is 5.19. The fourth-order valence-electron chi connectivity index (χ4n) is 3.51. The first-order chi connectivity index (χ1) is 12.0. The minimum Gasteiger partial charge on any atom is -0.353 e. The van der Waals surface area contributed by atoms with Gasteiger partial charge < -0.3 is 16.0 Å². The Balaban J connectivity index is 1.72. The van der Waals surface area contributed by atoms with Crippen LogP contribution in [-0.4, -0.2) is 35.3 Å². The van der Waals surface area contributed by atoms with E-state index in [-0.39, 0.29) is 23.8 Å². The summed E-state index contributed by atoms with van der Waals surface area (Å²) in [6.45, 7) is 5.06. The fraction of sp³-hybridized carbons (Fsp3) is 0.600. The van der Waals surface area contributed by atoms with Gasteiger partial charge in [-0.25, -0.2) is 0 Å². The molecule has 0 saturated heterocycles. The molecule has 2 aliphatic rings. The van der Waals surface area contributed by atoms with Crippen molar-refractivity contribution in [1.82, 2.24) is 10.2 Å². The lowest BCUT2D eigenvalue weighted by molar-refractivity contribution is -0.142. The maximum atomic E-state index is 12.8. The predicted molar refractivity (Wildman–Crippen MR) is 97.6 cm³/mol. The van der Waals surface area contributed by atoms with Crippen molar-refractivity contribution in [3.05, 3.63) is 35.4 Å². The Kier molecular flexibility index (Phi) is 5.42. The van der Waals surface area contributed by atoms with Crippen LogP contribution in [0.2, 0.25) is 0 Å². The maximum absolute atomic E-state index is 12.8. The number of rotatable bonds is 6. The summed E-state index contributed by atoms with van der Waals surface area (Å²) in [7, 11) is 0. The molecule has 2 unspecified atom stereocenters. The Morgan fingerprint density at radius 2 is 1.92 bits per heavy atom. The minimum atomic E-state index is -0.437. The highest BCUT2D eigenvalue weighted by atomic mass is 16.2. The summed E-state index contributed by atoms with van der Waals surface area (Å²) in [6, 6.07) is 7.66. The Bertz CT molecular complexity index is 640. The molecule has 1 aromatic rings. The molecule has 2 amide bonds. The van der Waals surface area contributed by atoms with Crippen LogP contribution >= 0.6 is 0 Å². The summed E-state index contributed by atoms with van der Waals surface area (Å²) in [5.41, 5.74) is 8.39. The molecular formula is C20H29N3O2. The summed E-state index contributed by atoms with van der Waals surface area (Å²) in [6.07, 6.45) is 3.36. The van der Waals surface area contributed by atoms with Crippen LogP contribution < -0.4 is 11.1 Å². The molecular weight excluding hydrogens is 314 g/mol. The predicted octanol–water partition coefficient (Wildman–Crippen LogP) is 1.84. The number of nitrogens with one attached hydrogen (secondary N) is 1. The van der Waals surface area contributed by atoms with Gasteiger partial charge in [-0.1, -0.05) is 38.1 Å². The number of nitrogens with two attached hydrogens (primary N) is 1. The van der Waals surface area contributed by atoms with Crippen LogP contribution in [-0.2, 0) is 22.6 Å². The summed E-state index contributed by atoms with van der Waals surface area (Å²) in [5, 5.41) is 2.98. The van der Waals surface area contributed by atoms with E-state index in [4.69, 9.17) is 5.73 Å². The number of hydrogen-bond donors (Lipinski definition) is 2. The molecule has 1 fully saturated rings. The van der Waals surface area contributed by atoms with Gasteiger partial charge in [0.05, 0.1) is 0 Å². The maximum Gasteiger partial charge on any atom is 0.243 e. The molecule has 2 atom stereocenters. The molecule has 1 aromatic carbocycles. The number of fused-ring (bicyclic) bond motifs is 1. The lowest BCUT2D eigenvalue weighted by Crippen LogP contribution is -2.54. The average molecular weight is 343 g/mol. The number of nitrogens with zero attached hydrogens (tertiary/aromatic N) is 1. The first-order valence-electron chi connectivity index (χ1n) is 9.35. The number of carbonyl (C=O) groups excluding carboxylic acids is 2. The van der Waals surface area contributed by atoms with Crippen molar-refractivity contribution in [2.24, 2.45) is 17.6 Å². The van der Waals surface area contributed by atoms with Crippen LogP contribution in [0.1, 0.15) is 44.2 Å². The van der Waals surface area contributed by atoms with E-state index in [1.807, 2.05) is 32.0 Å². The molecule has 0 spiro atoms. The lowest BCUT2D eigenvalue weighted by Gasteiger charge is -2.36. The van der Waals surface area contributed by atoms with Gasteiger partial charge >= 0.3 is 0 Å². The highest BCUT2D eigenvalue weighted by Crippen LogP contribution is 2.31. The topological polar surface area (TPSA) is 75.4 Å². The van der Waals surface area contributed by atoms with E-state index in [1.165, 1.54) is 0 Å². The standard InChI is InChI=1S/C20H29N3O2/c1-13(2)9-19(24)23-12-16-6-4-3-5-15(16)10-18(23)20(25)22-11-17(21)14-7-8-14/h3-6,13-14,17-18H,7-12,21H2,1-2H3,(H,22,25). The van der Waals surface area contributed by atoms with E-state index in [9.17, 15) is 9.59 Å². The summed E-state index contributed by atoms with van der Waals surface area (Å²) < 4.78 is 0. The van der Waals surface area contributed by atoms with Crippen molar-refractivity contribution in [3.8, 4) is 0 Å². The second kappa shape index (κ2) is 7.56. The van der Waals surface area contributed by atoms with E-state index in [1.54, 1.807) is 4.90 Å². The van der Waals surface area contributed by atoms with Crippen LogP contribution in [0.3, 0.4) is 0 Å². The van der Waals surface area contributed by atoms with E-state index in [2.05, 4.69) is 11.4 Å². The molecule has 136 valence electrons. The molecule has 25 heavy (non-hydrogen) atoms. The number of hydrogen-bond acceptors (Lipinski definition) is 3. The zero-order chi connectivity index (χ0) is 18.0. The normalized spacial score (nSPS) is 21.0. The fourth-order valence-corrected chi connectivity index (χ4v) is 3.51. The van der Waals surface area contributed by atoms with Gasteiger partial charge in [-0.05, 0) is 35.8 Å². The molecule has 5 heteroatoms. The average Bonchev–Trinajstić information content (AvgIpc) is 3.42. The summed E-state index contributed by atoms with van der Waals surface area (Å²) >= 11 is 0. The van der Waals surface area contributed by atoms with E-state index in [0.29, 0.717) is 31.8 Å². The van der Waals surface area contributed by atoms with E-state index < -0.39 is 6.04 Å². The number of amides is 2. The molecule has 0 radical (unpaired) electrons. The van der Waals surface area contributed by atoms with Gasteiger partial charge in [0.1, 0.15) is 6.04 Å². The van der Waals surface area contributed by atoms with Gasteiger partial charge in [0, 0.05) is 32.0 Å². The van der Waals surface area contributed by atoms with Crippen LogP contribution in [0, 0.1) is 11.8 Å². The van der Waals surface area contributed by atoms with Gasteiger partial charge in [0.15, 0.2) is 0 Å². The molecule has 1 saturated carbocycles. The second-order valence-corrected chi connectivity index (χ2v) is 7.85. The molecule has 5 nitrogen and oxygen atoms in total. The second-order valence-electron chi connectivity index (χ2n) is 7.85. The van der Waals surface area contributed by atoms with E-state index in [0.717, 1.165) is 24.0 Å². The quantitative estimate of drug-likeness (QED) is 0.827. The van der Waals surface area contributed by atoms with Crippen LogP contribution in [0.5, 0.6) is 0 Å². The molecule has 3 rings (SSSR count). The van der Waals surface area contributed by atoms with Crippen molar-refractivity contribution in [2.45, 2.75) is 58.2 Å². The van der Waals surface area contributed by atoms with Crippen molar-refractivity contribution in [1.29, 1.82) is 0 Å². The summed E-state index contributed by atoms with van der Waals surface area (Å²) in [4.78, 5) is 27.3.